The van der Waals surface area contributed by atoms with Gasteiger partial charge in [0, 0.05) is 6.54 Å². The van der Waals surface area contributed by atoms with Crippen molar-refractivity contribution < 1.29 is 39.1 Å². The van der Waals surface area contributed by atoms with Crippen molar-refractivity contribution in [2.75, 3.05) is 6.54 Å². The van der Waals surface area contributed by atoms with Gasteiger partial charge < -0.3 is 34.8 Å². The summed E-state index contributed by atoms with van der Waals surface area (Å²) < 4.78 is 15.5. The smallest absolute Gasteiger partial charge is 0.407 e. The number of benzene rings is 1. The van der Waals surface area contributed by atoms with Crippen LogP contribution >= 0.6 is 0 Å². The fraction of sp³-hybridized carbons (Fsp3) is 0.579. The molecule has 0 bridgehead atoms. The second-order valence-electron chi connectivity index (χ2n) is 7.61. The van der Waals surface area contributed by atoms with E-state index < -0.39 is 48.2 Å². The number of hydrogen-bond acceptors (Lipinski definition) is 8. The zero-order chi connectivity index (χ0) is 20.9. The maximum Gasteiger partial charge on any atom is 0.407 e. The van der Waals surface area contributed by atoms with E-state index in [0.29, 0.717) is 0 Å². The quantitative estimate of drug-likeness (QED) is 0.522. The van der Waals surface area contributed by atoms with Crippen molar-refractivity contribution >= 4 is 12.1 Å². The minimum atomic E-state index is -1.62. The van der Waals surface area contributed by atoms with Crippen molar-refractivity contribution in [1.29, 1.82) is 0 Å². The number of rotatable bonds is 5. The molecule has 5 atom stereocenters. The molecule has 2 rings (SSSR count). The van der Waals surface area contributed by atoms with Crippen LogP contribution < -0.4 is 5.32 Å². The summed E-state index contributed by atoms with van der Waals surface area (Å²) in [5.74, 6) is -0.644. The number of hydrogen-bond donors (Lipinski definition) is 4. The third kappa shape index (κ3) is 5.90. The predicted molar refractivity (Wildman–Crippen MR) is 96.9 cm³/mol. The van der Waals surface area contributed by atoms with E-state index in [-0.39, 0.29) is 13.2 Å². The van der Waals surface area contributed by atoms with Crippen molar-refractivity contribution in [1.82, 2.24) is 5.32 Å². The van der Waals surface area contributed by atoms with Gasteiger partial charge in [-0.25, -0.2) is 4.79 Å². The number of esters is 1. The maximum absolute atomic E-state index is 12.0. The van der Waals surface area contributed by atoms with E-state index in [4.69, 9.17) is 14.2 Å². The first-order chi connectivity index (χ1) is 13.1. The average molecular weight is 397 g/mol. The number of nitrogens with one attached hydrogen (secondary N) is 1. The van der Waals surface area contributed by atoms with Crippen molar-refractivity contribution in [3.05, 3.63) is 35.9 Å². The molecule has 0 spiro atoms. The van der Waals surface area contributed by atoms with Gasteiger partial charge in [0.25, 0.3) is 0 Å². The monoisotopic (exact) mass is 397 g/mol. The topological polar surface area (TPSA) is 135 Å². The van der Waals surface area contributed by atoms with E-state index in [1.807, 2.05) is 18.2 Å². The highest BCUT2D eigenvalue weighted by atomic mass is 16.7. The molecule has 9 heteroatoms. The second kappa shape index (κ2) is 9.33. The van der Waals surface area contributed by atoms with Crippen molar-refractivity contribution in [3.8, 4) is 0 Å². The second-order valence-corrected chi connectivity index (χ2v) is 7.61. The number of aliphatic hydroxyl groups is 3. The Balaban J connectivity index is 1.88. The van der Waals surface area contributed by atoms with Gasteiger partial charge in [0.15, 0.2) is 0 Å². The van der Waals surface area contributed by atoms with Crippen molar-refractivity contribution in [2.24, 2.45) is 5.41 Å². The molecule has 1 aromatic carbocycles. The standard InChI is InChI=1S/C19H27NO8/c1-19(2,3)17(24)28-16-15(23)14(22)13(21)12(27-16)9-20-18(25)26-10-11-7-5-4-6-8-11/h4-8,12-16,21-23H,9-10H2,1-3H3,(H,20,25)/t12-,13-,14+,15+,16-/m1/s1. The number of ether oxygens (including phenoxy) is 3. The molecule has 28 heavy (non-hydrogen) atoms. The van der Waals surface area contributed by atoms with Crippen molar-refractivity contribution in [3.63, 3.8) is 0 Å². The van der Waals surface area contributed by atoms with Crippen LogP contribution in [-0.2, 0) is 25.6 Å². The Labute approximate surface area is 163 Å². The van der Waals surface area contributed by atoms with E-state index in [0.717, 1.165) is 5.56 Å². The Bertz CT molecular complexity index is 660. The van der Waals surface area contributed by atoms with Gasteiger partial charge in [-0.05, 0) is 26.3 Å². The first kappa shape index (κ1) is 22.1. The molecule has 1 aliphatic rings. The number of carbonyl (C=O) groups is 2. The summed E-state index contributed by atoms with van der Waals surface area (Å²) in [5.41, 5.74) is -0.0432. The molecule has 0 saturated carbocycles. The van der Waals surface area contributed by atoms with Crippen molar-refractivity contribution in [2.45, 2.75) is 58.1 Å². The lowest BCUT2D eigenvalue weighted by Gasteiger charge is -2.40. The van der Waals surface area contributed by atoms with E-state index in [1.54, 1.807) is 32.9 Å². The highest BCUT2D eigenvalue weighted by molar-refractivity contribution is 5.75. The molecular weight excluding hydrogens is 370 g/mol. The minimum Gasteiger partial charge on any atom is -0.445 e. The lowest BCUT2D eigenvalue weighted by Crippen LogP contribution is -2.61. The van der Waals surface area contributed by atoms with Crippen LogP contribution in [0.15, 0.2) is 30.3 Å². The number of amides is 1. The van der Waals surface area contributed by atoms with Gasteiger partial charge in [-0.1, -0.05) is 30.3 Å². The molecule has 1 aliphatic heterocycles. The van der Waals surface area contributed by atoms with Crippen LogP contribution in [0.3, 0.4) is 0 Å². The molecule has 4 N–H and O–H groups in total. The number of alkyl carbamates (subject to hydrolysis) is 1. The largest absolute Gasteiger partial charge is 0.445 e. The number of carbonyl (C=O) groups excluding carboxylic acids is 2. The summed E-state index contributed by atoms with van der Waals surface area (Å²) >= 11 is 0. The summed E-state index contributed by atoms with van der Waals surface area (Å²) in [6, 6.07) is 9.07. The SMILES string of the molecule is CC(C)(C)C(=O)O[C@H]1O[C@H](CNC(=O)OCc2ccccc2)[C@@H](O)[C@H](O)[C@@H]1O. The first-order valence-corrected chi connectivity index (χ1v) is 8.95. The van der Waals surface area contributed by atoms with Crippen LogP contribution in [0.25, 0.3) is 0 Å². The van der Waals surface area contributed by atoms with Gasteiger partial charge in [0.2, 0.25) is 6.29 Å². The molecule has 1 aromatic rings. The predicted octanol–water partition coefficient (Wildman–Crippen LogP) is 0.310. The van der Waals surface area contributed by atoms with E-state index in [1.165, 1.54) is 0 Å². The summed E-state index contributed by atoms with van der Waals surface area (Å²) in [6.07, 6.45) is -8.06. The summed E-state index contributed by atoms with van der Waals surface area (Å²) in [7, 11) is 0. The van der Waals surface area contributed by atoms with Gasteiger partial charge in [-0.2, -0.15) is 0 Å². The van der Waals surface area contributed by atoms with Gasteiger partial charge in [0.05, 0.1) is 5.41 Å². The van der Waals surface area contributed by atoms with E-state index >= 15 is 0 Å². The Kier molecular flexibility index (Phi) is 7.36. The summed E-state index contributed by atoms with van der Waals surface area (Å²) in [5, 5.41) is 32.5. The van der Waals surface area contributed by atoms with Gasteiger partial charge in [-0.3, -0.25) is 4.79 Å². The molecule has 1 saturated heterocycles. The zero-order valence-corrected chi connectivity index (χ0v) is 16.1. The molecule has 0 unspecified atom stereocenters. The molecule has 1 heterocycles. The molecule has 1 amide bonds. The maximum atomic E-state index is 12.0. The zero-order valence-electron chi connectivity index (χ0n) is 16.1. The average Bonchev–Trinajstić information content (AvgIpc) is 2.65. The number of aliphatic hydroxyl groups excluding tert-OH is 3. The lowest BCUT2D eigenvalue weighted by molar-refractivity contribution is -0.289. The van der Waals surface area contributed by atoms with Crippen LogP contribution in [0.4, 0.5) is 4.79 Å². The third-order valence-electron chi connectivity index (χ3n) is 4.16. The molecular formula is C19H27NO8. The van der Waals surface area contributed by atoms with Gasteiger partial charge >= 0.3 is 12.1 Å². The van der Waals surface area contributed by atoms with Gasteiger partial charge in [-0.15, -0.1) is 0 Å². The van der Waals surface area contributed by atoms with Crippen LogP contribution in [-0.4, -0.2) is 64.6 Å². The third-order valence-corrected chi connectivity index (χ3v) is 4.16. The summed E-state index contributed by atoms with van der Waals surface area (Å²) in [4.78, 5) is 23.8. The molecule has 0 aliphatic carbocycles. The Morgan fingerprint density at radius 3 is 2.32 bits per heavy atom. The van der Waals surface area contributed by atoms with Crippen LogP contribution in [0.1, 0.15) is 26.3 Å². The molecule has 156 valence electrons. The first-order valence-electron chi connectivity index (χ1n) is 8.95. The van der Waals surface area contributed by atoms with Crippen LogP contribution in [0.5, 0.6) is 0 Å². The molecule has 1 fully saturated rings. The van der Waals surface area contributed by atoms with E-state index in [9.17, 15) is 24.9 Å². The Morgan fingerprint density at radius 1 is 1.07 bits per heavy atom. The molecule has 0 aromatic heterocycles. The van der Waals surface area contributed by atoms with E-state index in [2.05, 4.69) is 5.32 Å². The Hall–Kier alpha value is -2.20. The Morgan fingerprint density at radius 2 is 1.71 bits per heavy atom. The lowest BCUT2D eigenvalue weighted by atomic mass is 9.96. The molecule has 9 nitrogen and oxygen atoms in total. The van der Waals surface area contributed by atoms with Crippen LogP contribution in [0.2, 0.25) is 0 Å². The fourth-order valence-corrected chi connectivity index (χ4v) is 2.42. The fourth-order valence-electron chi connectivity index (χ4n) is 2.42. The van der Waals surface area contributed by atoms with Gasteiger partial charge in [0.1, 0.15) is 31.0 Å². The summed E-state index contributed by atoms with van der Waals surface area (Å²) in [6.45, 7) is 4.71. The highest BCUT2D eigenvalue weighted by Gasteiger charge is 2.46. The highest BCUT2D eigenvalue weighted by Crippen LogP contribution is 2.25. The normalized spacial score (nSPS) is 27.7. The molecule has 0 radical (unpaired) electrons. The van der Waals surface area contributed by atoms with Crippen LogP contribution in [0, 0.1) is 5.41 Å². The minimum absolute atomic E-state index is 0.0634.